The lowest BCUT2D eigenvalue weighted by molar-refractivity contribution is 0.217. The number of benzene rings is 3. The van der Waals surface area contributed by atoms with Crippen LogP contribution in [0.5, 0.6) is 23.0 Å². The highest BCUT2D eigenvalue weighted by molar-refractivity contribution is 5.62. The average molecular weight is 415 g/mol. The fourth-order valence-corrected chi connectivity index (χ4v) is 4.60. The Labute approximate surface area is 181 Å². The zero-order valence-corrected chi connectivity index (χ0v) is 17.1. The summed E-state index contributed by atoms with van der Waals surface area (Å²) in [4.78, 5) is 0. The molecule has 3 N–H and O–H groups in total. The van der Waals surface area contributed by atoms with Crippen LogP contribution in [0.3, 0.4) is 0 Å². The first-order valence-corrected chi connectivity index (χ1v) is 10.6. The Morgan fingerprint density at radius 1 is 0.839 bits per heavy atom. The Kier molecular flexibility index (Phi) is 5.16. The Morgan fingerprint density at radius 3 is 2.45 bits per heavy atom. The highest BCUT2D eigenvalue weighted by Gasteiger charge is 2.39. The van der Waals surface area contributed by atoms with E-state index in [-0.39, 0.29) is 23.5 Å². The van der Waals surface area contributed by atoms with Crippen LogP contribution in [0.2, 0.25) is 0 Å². The summed E-state index contributed by atoms with van der Waals surface area (Å²) in [5.74, 6) is 2.38. The fraction of sp³-hybridized carbons (Fsp3) is 0.231. The lowest BCUT2D eigenvalue weighted by atomic mass is 9.77. The van der Waals surface area contributed by atoms with Crippen LogP contribution < -0.4 is 14.8 Å². The van der Waals surface area contributed by atoms with Crippen molar-refractivity contribution in [3.05, 3.63) is 90.0 Å². The first kappa shape index (κ1) is 19.4. The molecule has 0 radical (unpaired) electrons. The van der Waals surface area contributed by atoms with E-state index >= 15 is 0 Å². The summed E-state index contributed by atoms with van der Waals surface area (Å²) in [5.41, 5.74) is 3.05. The van der Waals surface area contributed by atoms with Gasteiger partial charge in [0.1, 0.15) is 36.2 Å². The van der Waals surface area contributed by atoms with E-state index in [1.165, 1.54) is 11.6 Å². The summed E-state index contributed by atoms with van der Waals surface area (Å²) in [7, 11) is 0. The minimum absolute atomic E-state index is 0.0286. The van der Waals surface area contributed by atoms with E-state index in [0.29, 0.717) is 19.1 Å². The SMILES string of the molecule is Oc1ccc(C2Nc3ccc(OCCOc4ccccc4)cc3C3C=CCC32)c(O)c1. The van der Waals surface area contributed by atoms with Crippen LogP contribution in [0.15, 0.2) is 78.9 Å². The van der Waals surface area contributed by atoms with Gasteiger partial charge in [0.25, 0.3) is 0 Å². The summed E-state index contributed by atoms with van der Waals surface area (Å²) in [6, 6.07) is 20.6. The van der Waals surface area contributed by atoms with Crippen LogP contribution in [-0.2, 0) is 0 Å². The number of phenols is 2. The fourth-order valence-electron chi connectivity index (χ4n) is 4.60. The maximum atomic E-state index is 10.4. The maximum Gasteiger partial charge on any atom is 0.124 e. The van der Waals surface area contributed by atoms with Crippen molar-refractivity contribution in [3.63, 3.8) is 0 Å². The number of nitrogens with one attached hydrogen (secondary N) is 1. The van der Waals surface area contributed by atoms with Crippen LogP contribution in [0.4, 0.5) is 5.69 Å². The monoisotopic (exact) mass is 415 g/mol. The molecule has 3 unspecified atom stereocenters. The number of allylic oxidation sites excluding steroid dienone is 2. The van der Waals surface area contributed by atoms with Crippen molar-refractivity contribution in [2.24, 2.45) is 5.92 Å². The number of hydrogen-bond donors (Lipinski definition) is 3. The second-order valence-corrected chi connectivity index (χ2v) is 7.98. The van der Waals surface area contributed by atoms with Crippen molar-refractivity contribution in [2.45, 2.75) is 18.4 Å². The van der Waals surface area contributed by atoms with Crippen LogP contribution in [-0.4, -0.2) is 23.4 Å². The van der Waals surface area contributed by atoms with Gasteiger partial charge in [0.05, 0.1) is 6.04 Å². The Bertz CT molecular complexity index is 1100. The predicted molar refractivity (Wildman–Crippen MR) is 120 cm³/mol. The van der Waals surface area contributed by atoms with Crippen molar-refractivity contribution in [1.82, 2.24) is 0 Å². The highest BCUT2D eigenvalue weighted by atomic mass is 16.5. The average Bonchev–Trinajstić information content (AvgIpc) is 3.28. The number of phenolic OH excluding ortho intramolecular Hbond substituents is 2. The van der Waals surface area contributed by atoms with Gasteiger partial charge in [-0.1, -0.05) is 30.4 Å². The van der Waals surface area contributed by atoms with Gasteiger partial charge in [-0.25, -0.2) is 0 Å². The second-order valence-electron chi connectivity index (χ2n) is 7.98. The molecule has 0 saturated heterocycles. The van der Waals surface area contributed by atoms with Gasteiger partial charge in [-0.15, -0.1) is 0 Å². The molecule has 31 heavy (non-hydrogen) atoms. The molecule has 0 saturated carbocycles. The molecule has 3 aromatic carbocycles. The van der Waals surface area contributed by atoms with Gasteiger partial charge in [-0.05, 0) is 60.4 Å². The molecule has 1 heterocycles. The lowest BCUT2D eigenvalue weighted by Gasteiger charge is -2.37. The van der Waals surface area contributed by atoms with E-state index < -0.39 is 0 Å². The van der Waals surface area contributed by atoms with Crippen molar-refractivity contribution >= 4 is 5.69 Å². The van der Waals surface area contributed by atoms with Crippen LogP contribution in [0.25, 0.3) is 0 Å². The number of hydrogen-bond acceptors (Lipinski definition) is 5. The maximum absolute atomic E-state index is 10.4. The van der Waals surface area contributed by atoms with E-state index in [0.717, 1.165) is 29.2 Å². The topological polar surface area (TPSA) is 71.0 Å². The quantitative estimate of drug-likeness (QED) is 0.372. The number of para-hydroxylation sites is 1. The number of ether oxygens (including phenoxy) is 2. The molecule has 1 aliphatic heterocycles. The number of aromatic hydroxyl groups is 2. The molecule has 1 aliphatic carbocycles. The van der Waals surface area contributed by atoms with Gasteiger partial charge >= 0.3 is 0 Å². The third kappa shape index (κ3) is 3.91. The molecule has 0 amide bonds. The van der Waals surface area contributed by atoms with Gasteiger partial charge in [-0.2, -0.15) is 0 Å². The molecule has 158 valence electrons. The molecule has 5 rings (SSSR count). The number of rotatable bonds is 6. The predicted octanol–water partition coefficient (Wildman–Crippen LogP) is 5.38. The molecular weight excluding hydrogens is 390 g/mol. The summed E-state index contributed by atoms with van der Waals surface area (Å²) >= 11 is 0. The molecule has 0 fully saturated rings. The van der Waals surface area contributed by atoms with Gasteiger partial charge in [0, 0.05) is 23.2 Å². The molecule has 3 atom stereocenters. The van der Waals surface area contributed by atoms with E-state index in [9.17, 15) is 10.2 Å². The van der Waals surface area contributed by atoms with E-state index in [1.54, 1.807) is 12.1 Å². The largest absolute Gasteiger partial charge is 0.508 e. The van der Waals surface area contributed by atoms with Crippen LogP contribution in [0, 0.1) is 5.92 Å². The van der Waals surface area contributed by atoms with E-state index in [4.69, 9.17) is 9.47 Å². The van der Waals surface area contributed by atoms with Crippen molar-refractivity contribution in [1.29, 1.82) is 0 Å². The van der Waals surface area contributed by atoms with Crippen molar-refractivity contribution < 1.29 is 19.7 Å². The summed E-state index contributed by atoms with van der Waals surface area (Å²) in [5, 5.41) is 23.7. The molecular formula is C26H25NO4. The molecule has 2 aliphatic rings. The van der Waals surface area contributed by atoms with Crippen molar-refractivity contribution in [3.8, 4) is 23.0 Å². The van der Waals surface area contributed by atoms with E-state index in [1.807, 2.05) is 42.5 Å². The van der Waals surface area contributed by atoms with Gasteiger partial charge in [0.2, 0.25) is 0 Å². The van der Waals surface area contributed by atoms with Crippen LogP contribution in [0.1, 0.15) is 29.5 Å². The van der Waals surface area contributed by atoms with E-state index in [2.05, 4.69) is 23.5 Å². The Morgan fingerprint density at radius 2 is 1.65 bits per heavy atom. The van der Waals surface area contributed by atoms with Gasteiger partial charge in [0.15, 0.2) is 0 Å². The zero-order valence-electron chi connectivity index (χ0n) is 17.1. The molecule has 5 heteroatoms. The Hall–Kier alpha value is -3.60. The molecule has 5 nitrogen and oxygen atoms in total. The minimum Gasteiger partial charge on any atom is -0.508 e. The number of fused-ring (bicyclic) bond motifs is 3. The van der Waals surface area contributed by atoms with Crippen molar-refractivity contribution in [2.75, 3.05) is 18.5 Å². The van der Waals surface area contributed by atoms with Gasteiger partial charge < -0.3 is 25.0 Å². The Balaban J connectivity index is 1.31. The molecule has 0 bridgehead atoms. The second kappa shape index (κ2) is 8.26. The number of anilines is 1. The molecule has 0 spiro atoms. The smallest absolute Gasteiger partial charge is 0.124 e. The third-order valence-corrected chi connectivity index (χ3v) is 6.05. The van der Waals surface area contributed by atoms with Gasteiger partial charge in [-0.3, -0.25) is 0 Å². The normalized spacial score (nSPS) is 21.1. The molecule has 3 aromatic rings. The molecule has 0 aromatic heterocycles. The lowest BCUT2D eigenvalue weighted by Crippen LogP contribution is -2.29. The standard InChI is InChI=1S/C26H25NO4/c28-17-9-11-22(25(29)15-17)26-21-8-4-7-20(21)23-16-19(10-12-24(23)27-26)31-14-13-30-18-5-2-1-3-6-18/h1-7,9-12,15-16,20-21,26-29H,8,13-14H2. The first-order valence-electron chi connectivity index (χ1n) is 10.6. The summed E-state index contributed by atoms with van der Waals surface area (Å²) in [6.07, 6.45) is 5.38. The van der Waals surface area contributed by atoms with Crippen LogP contribution >= 0.6 is 0 Å². The zero-order chi connectivity index (χ0) is 21.2. The summed E-state index contributed by atoms with van der Waals surface area (Å²) < 4.78 is 11.6. The summed E-state index contributed by atoms with van der Waals surface area (Å²) in [6.45, 7) is 0.947. The highest BCUT2D eigenvalue weighted by Crippen LogP contribution is 2.51. The minimum atomic E-state index is -0.0286. The third-order valence-electron chi connectivity index (χ3n) is 6.05. The first-order chi connectivity index (χ1) is 15.2.